The van der Waals surface area contributed by atoms with Crippen molar-refractivity contribution in [1.29, 1.82) is 0 Å². The minimum absolute atomic E-state index is 0.0204. The van der Waals surface area contributed by atoms with Crippen molar-refractivity contribution in [3.63, 3.8) is 0 Å². The van der Waals surface area contributed by atoms with Gasteiger partial charge in [0, 0.05) is 23.1 Å². The lowest BCUT2D eigenvalue weighted by Crippen LogP contribution is -2.58. The Balaban J connectivity index is 1.21. The van der Waals surface area contributed by atoms with Crippen LogP contribution in [0.4, 0.5) is 9.18 Å². The zero-order valence-electron chi connectivity index (χ0n) is 27.1. The number of nitrogens with zero attached hydrogens (tertiary/aromatic N) is 2. The quantitative estimate of drug-likeness (QED) is 0.220. The van der Waals surface area contributed by atoms with Crippen molar-refractivity contribution in [2.24, 2.45) is 5.92 Å². The summed E-state index contributed by atoms with van der Waals surface area (Å²) in [5.74, 6) is -2.78. The fraction of sp³-hybridized carbons (Fsp3) is 0.457. The second-order valence-electron chi connectivity index (χ2n) is 13.6. The van der Waals surface area contributed by atoms with Gasteiger partial charge in [-0.1, -0.05) is 43.2 Å². The average molecular weight is 708 g/mol. The molecule has 0 unspecified atom stereocenters. The summed E-state index contributed by atoms with van der Waals surface area (Å²) in [6.07, 6.45) is 5.53. The Morgan fingerprint density at radius 2 is 1.82 bits per heavy atom. The smallest absolute Gasteiger partial charge is 0.405 e. The molecule has 1 aromatic heterocycles. The van der Waals surface area contributed by atoms with Crippen LogP contribution in [0.1, 0.15) is 57.8 Å². The largest absolute Gasteiger partial charge is 0.472 e. The lowest BCUT2D eigenvalue weighted by Gasteiger charge is -2.29. The molecule has 264 valence electrons. The van der Waals surface area contributed by atoms with Gasteiger partial charge in [-0.15, -0.1) is 0 Å². The van der Waals surface area contributed by atoms with Crippen LogP contribution >= 0.6 is 0 Å². The number of carbonyl (C=O) groups excluding carboxylic acids is 3. The fourth-order valence-corrected chi connectivity index (χ4v) is 8.50. The molecule has 2 aromatic carbocycles. The molecule has 50 heavy (non-hydrogen) atoms. The van der Waals surface area contributed by atoms with Crippen molar-refractivity contribution in [3.8, 4) is 5.88 Å². The van der Waals surface area contributed by atoms with E-state index >= 15 is 0 Å². The van der Waals surface area contributed by atoms with Crippen LogP contribution in [0.5, 0.6) is 5.88 Å². The highest BCUT2D eigenvalue weighted by molar-refractivity contribution is 7.91. The topological polar surface area (TPSA) is 184 Å². The monoisotopic (exact) mass is 707 g/mol. The van der Waals surface area contributed by atoms with E-state index in [1.807, 2.05) is 24.3 Å². The number of pyridine rings is 1. The molecule has 4 amide bonds. The van der Waals surface area contributed by atoms with Crippen LogP contribution in [0.3, 0.4) is 0 Å². The number of rotatable bonds is 6. The highest BCUT2D eigenvalue weighted by atomic mass is 32.2. The Hall–Kier alpha value is -4.79. The third kappa shape index (κ3) is 6.70. The summed E-state index contributed by atoms with van der Waals surface area (Å²) < 4.78 is 48.2. The summed E-state index contributed by atoms with van der Waals surface area (Å²) in [7, 11) is -3.91. The Bertz CT molecular complexity index is 2020. The molecular weight excluding hydrogens is 669 g/mol. The van der Waals surface area contributed by atoms with Gasteiger partial charge in [-0.05, 0) is 68.2 Å². The number of benzene rings is 2. The molecular formula is C35H38FN5O8S. The van der Waals surface area contributed by atoms with E-state index in [-0.39, 0.29) is 31.7 Å². The molecule has 7 rings (SSSR count). The summed E-state index contributed by atoms with van der Waals surface area (Å²) >= 11 is 0. The highest BCUT2D eigenvalue weighted by Gasteiger charge is 2.62. The van der Waals surface area contributed by atoms with Crippen molar-refractivity contribution in [2.75, 3.05) is 6.54 Å². The molecule has 2 saturated carbocycles. The molecule has 2 aliphatic carbocycles. The number of hydrogen-bond donors (Lipinski definition) is 4. The van der Waals surface area contributed by atoms with E-state index in [9.17, 15) is 37.1 Å². The van der Waals surface area contributed by atoms with E-state index in [1.54, 1.807) is 12.1 Å². The second kappa shape index (κ2) is 13.2. The number of amides is 4. The molecule has 15 heteroatoms. The Morgan fingerprint density at radius 1 is 1.04 bits per heavy atom. The van der Waals surface area contributed by atoms with Gasteiger partial charge < -0.3 is 25.4 Å². The Morgan fingerprint density at radius 3 is 2.58 bits per heavy atom. The van der Waals surface area contributed by atoms with Crippen LogP contribution in [0, 0.1) is 11.7 Å². The van der Waals surface area contributed by atoms with Crippen LogP contribution in [0.2, 0.25) is 0 Å². The molecule has 3 fully saturated rings. The maximum absolute atomic E-state index is 14.2. The van der Waals surface area contributed by atoms with Crippen LogP contribution in [-0.2, 0) is 24.4 Å². The van der Waals surface area contributed by atoms with Crippen molar-refractivity contribution in [1.82, 2.24) is 25.2 Å². The van der Waals surface area contributed by atoms with Gasteiger partial charge in [0.25, 0.3) is 5.91 Å². The van der Waals surface area contributed by atoms with Crippen molar-refractivity contribution in [3.05, 3.63) is 60.4 Å². The standard InChI is InChI=1S/C35H38FN5O8S/c36-21-12-15-27-26(16-21)24-9-6-7-10-25(24)31(37-27)49-22-17-29-30(42)39-35(33(44)40-50(47,48)23-13-14-23)18-20(35)8-4-2-1-3-5-11-28(38-34(45)46)32(43)41(29)19-22/h4,6-10,12,15-16,20,22-23,28-29,38H,1-3,5,11,13-14,17-19H2,(H,39,42)(H,40,44)(H,45,46)/b8-4-/t20-,22-,28+,29+,35-/m1/s1. The number of carboxylic acid groups (broad SMARTS) is 1. The molecule has 0 bridgehead atoms. The zero-order valence-corrected chi connectivity index (χ0v) is 28.0. The predicted molar refractivity (Wildman–Crippen MR) is 180 cm³/mol. The first-order chi connectivity index (χ1) is 23.9. The molecule has 5 atom stereocenters. The number of aromatic nitrogens is 1. The molecule has 3 heterocycles. The first-order valence-corrected chi connectivity index (χ1v) is 18.5. The lowest BCUT2D eigenvalue weighted by atomic mass is 10.1. The number of fused-ring (bicyclic) bond motifs is 5. The van der Waals surface area contributed by atoms with Crippen molar-refractivity contribution < 1.29 is 41.8 Å². The predicted octanol–water partition coefficient (Wildman–Crippen LogP) is 3.52. The molecule has 4 aliphatic rings. The molecule has 13 nitrogen and oxygen atoms in total. The second-order valence-corrected chi connectivity index (χ2v) is 15.6. The minimum Gasteiger partial charge on any atom is -0.472 e. The van der Waals surface area contributed by atoms with Gasteiger partial charge >= 0.3 is 6.09 Å². The van der Waals surface area contributed by atoms with Gasteiger partial charge in [0.2, 0.25) is 27.7 Å². The van der Waals surface area contributed by atoms with E-state index < -0.39 is 74.5 Å². The first-order valence-electron chi connectivity index (χ1n) is 16.9. The number of ether oxygens (including phenoxy) is 1. The van der Waals surface area contributed by atoms with Gasteiger partial charge in [-0.25, -0.2) is 22.6 Å². The Labute approximate surface area is 287 Å². The molecule has 0 spiro atoms. The maximum Gasteiger partial charge on any atom is 0.405 e. The summed E-state index contributed by atoms with van der Waals surface area (Å²) in [5.41, 5.74) is -1.05. The van der Waals surface area contributed by atoms with Gasteiger partial charge in [0.05, 0.1) is 17.3 Å². The summed E-state index contributed by atoms with van der Waals surface area (Å²) in [6.45, 7) is -0.0925. The minimum atomic E-state index is -3.91. The number of carbonyl (C=O) groups is 4. The normalized spacial score (nSPS) is 28.1. The lowest BCUT2D eigenvalue weighted by molar-refractivity contribution is -0.141. The van der Waals surface area contributed by atoms with Gasteiger partial charge in [0.1, 0.15) is 29.5 Å². The van der Waals surface area contributed by atoms with Gasteiger partial charge in [-0.2, -0.15) is 0 Å². The molecule has 0 radical (unpaired) electrons. The van der Waals surface area contributed by atoms with Gasteiger partial charge in [0.15, 0.2) is 0 Å². The van der Waals surface area contributed by atoms with Crippen LogP contribution in [0.25, 0.3) is 21.7 Å². The van der Waals surface area contributed by atoms with E-state index in [0.29, 0.717) is 53.8 Å². The zero-order chi connectivity index (χ0) is 35.2. The molecule has 3 aromatic rings. The maximum atomic E-state index is 14.2. The average Bonchev–Trinajstić information content (AvgIpc) is 4.00. The first kappa shape index (κ1) is 33.7. The molecule has 2 aliphatic heterocycles. The van der Waals surface area contributed by atoms with Gasteiger partial charge in [-0.3, -0.25) is 19.1 Å². The number of halogens is 1. The van der Waals surface area contributed by atoms with E-state index in [1.165, 1.54) is 23.1 Å². The summed E-state index contributed by atoms with van der Waals surface area (Å²) in [4.78, 5) is 59.5. The number of sulfonamides is 1. The fourth-order valence-electron chi connectivity index (χ4n) is 7.14. The van der Waals surface area contributed by atoms with E-state index in [4.69, 9.17) is 4.74 Å². The van der Waals surface area contributed by atoms with E-state index in [2.05, 4.69) is 20.3 Å². The summed E-state index contributed by atoms with van der Waals surface area (Å²) in [5, 5.41) is 15.9. The third-order valence-corrected chi connectivity index (χ3v) is 11.9. The Kier molecular flexibility index (Phi) is 8.87. The summed E-state index contributed by atoms with van der Waals surface area (Å²) in [6, 6.07) is 9.10. The van der Waals surface area contributed by atoms with Crippen molar-refractivity contribution in [2.45, 2.75) is 86.8 Å². The number of allylic oxidation sites excluding steroid dienone is 1. The number of hydrogen-bond acceptors (Lipinski definition) is 8. The third-order valence-electron chi connectivity index (χ3n) is 10.0. The van der Waals surface area contributed by atoms with Crippen LogP contribution in [-0.4, -0.2) is 82.7 Å². The SMILES string of the molecule is O=C(O)N[C@H]1CCCCC/C=C\[C@@H]2C[C@@]2(C(=O)NS(=O)(=O)C2CC2)NC(=O)[C@@H]2C[C@@H](Oc3nc4ccc(F)cc4c4ccccc34)CN2C1=O. The van der Waals surface area contributed by atoms with Crippen LogP contribution < -0.4 is 20.1 Å². The van der Waals surface area contributed by atoms with Crippen LogP contribution in [0.15, 0.2) is 54.6 Å². The highest BCUT2D eigenvalue weighted by Crippen LogP contribution is 2.46. The number of nitrogens with one attached hydrogen (secondary N) is 3. The van der Waals surface area contributed by atoms with E-state index in [0.717, 1.165) is 6.42 Å². The molecule has 1 saturated heterocycles. The van der Waals surface area contributed by atoms with Crippen molar-refractivity contribution >= 4 is 55.5 Å². The molecule has 4 N–H and O–H groups in total.